The van der Waals surface area contributed by atoms with E-state index >= 15 is 0 Å². The molecule has 44 heavy (non-hydrogen) atoms. The molecule has 1 heterocycles. The zero-order chi connectivity index (χ0) is 29.2. The Morgan fingerprint density at radius 2 is 1.07 bits per heavy atom. The fourth-order valence-corrected chi connectivity index (χ4v) is 7.24. The van der Waals surface area contributed by atoms with E-state index in [0.29, 0.717) is 0 Å². The van der Waals surface area contributed by atoms with Crippen LogP contribution in [0.5, 0.6) is 0 Å². The van der Waals surface area contributed by atoms with Crippen LogP contribution in [0.25, 0.3) is 65.7 Å². The van der Waals surface area contributed by atoms with Gasteiger partial charge in [-0.05, 0) is 89.8 Å². The Morgan fingerprint density at radius 3 is 1.89 bits per heavy atom. The maximum atomic E-state index is 5.23. The molecule has 0 radical (unpaired) electrons. The molecule has 0 aliphatic carbocycles. The predicted octanol–water partition coefficient (Wildman–Crippen LogP) is 11.6. The van der Waals surface area contributed by atoms with Crippen LogP contribution in [0.3, 0.4) is 0 Å². The number of fused-ring (bicyclic) bond motifs is 4. The SMILES string of the molecule is C/C1=N\c2cc(-c3ccc(-c4ccc5ccc6cccc7ccc4c5c67)cc3)ccc2Cc2ccccc2-c2ccccc21. The topological polar surface area (TPSA) is 12.4 Å². The summed E-state index contributed by atoms with van der Waals surface area (Å²) in [5.41, 5.74) is 13.3. The van der Waals surface area contributed by atoms with Crippen molar-refractivity contribution >= 4 is 43.7 Å². The Kier molecular flexibility index (Phi) is 5.55. The molecule has 9 rings (SSSR count). The molecular formula is C43H29N. The molecule has 0 spiro atoms. The highest BCUT2D eigenvalue weighted by Crippen LogP contribution is 2.40. The molecule has 1 nitrogen and oxygen atoms in total. The molecule has 206 valence electrons. The lowest BCUT2D eigenvalue weighted by Gasteiger charge is -2.14. The van der Waals surface area contributed by atoms with Crippen LogP contribution in [-0.4, -0.2) is 5.71 Å². The Hall–Kier alpha value is -5.53. The lowest BCUT2D eigenvalue weighted by atomic mass is 9.89. The number of benzene rings is 8. The molecule has 0 atom stereocenters. The normalized spacial score (nSPS) is 13.9. The summed E-state index contributed by atoms with van der Waals surface area (Å²) in [5, 5.41) is 7.92. The van der Waals surface area contributed by atoms with Gasteiger partial charge < -0.3 is 0 Å². The summed E-state index contributed by atoms with van der Waals surface area (Å²) < 4.78 is 0. The van der Waals surface area contributed by atoms with Crippen molar-refractivity contribution in [3.8, 4) is 33.4 Å². The first-order valence-electron chi connectivity index (χ1n) is 15.3. The van der Waals surface area contributed by atoms with E-state index in [1.165, 1.54) is 82.4 Å². The van der Waals surface area contributed by atoms with Crippen molar-refractivity contribution in [1.82, 2.24) is 0 Å². The summed E-state index contributed by atoms with van der Waals surface area (Å²) in [6.45, 7) is 2.13. The van der Waals surface area contributed by atoms with Gasteiger partial charge in [-0.2, -0.15) is 0 Å². The molecule has 0 saturated heterocycles. The maximum absolute atomic E-state index is 5.23. The molecule has 0 amide bonds. The van der Waals surface area contributed by atoms with Crippen molar-refractivity contribution in [3.63, 3.8) is 0 Å². The third-order valence-corrected chi connectivity index (χ3v) is 9.44. The number of hydrogen-bond acceptors (Lipinski definition) is 1. The van der Waals surface area contributed by atoms with E-state index in [0.717, 1.165) is 17.8 Å². The van der Waals surface area contributed by atoms with Crippen LogP contribution in [0.4, 0.5) is 5.69 Å². The van der Waals surface area contributed by atoms with Crippen molar-refractivity contribution in [2.24, 2.45) is 4.99 Å². The van der Waals surface area contributed by atoms with Gasteiger partial charge in [-0.25, -0.2) is 0 Å². The predicted molar refractivity (Wildman–Crippen MR) is 188 cm³/mol. The van der Waals surface area contributed by atoms with Crippen LogP contribution in [0.2, 0.25) is 0 Å². The average Bonchev–Trinajstić information content (AvgIpc) is 3.13. The fraction of sp³-hybridized carbons (Fsp3) is 0.0465. The first-order valence-corrected chi connectivity index (χ1v) is 15.3. The highest BCUT2D eigenvalue weighted by atomic mass is 14.7. The standard InChI is InChI=1S/C43H29N/c1-27-36-10-4-5-12-39(36)37-11-3-2-7-34(37)25-35-20-19-33(26-41(35)44-27)28-13-15-29(16-14-28)38-23-21-32-18-17-30-8-6-9-31-22-24-40(38)43(32)42(30)31/h2-24,26H,25H2,1H3/b44-27+. The Labute approximate surface area is 257 Å². The molecule has 0 N–H and O–H groups in total. The minimum absolute atomic E-state index is 0.852. The van der Waals surface area contributed by atoms with Crippen LogP contribution >= 0.6 is 0 Å². The molecule has 0 fully saturated rings. The van der Waals surface area contributed by atoms with Gasteiger partial charge in [-0.1, -0.05) is 140 Å². The fourth-order valence-electron chi connectivity index (χ4n) is 7.24. The molecule has 8 aromatic carbocycles. The number of nitrogens with zero attached hydrogens (tertiary/aromatic N) is 1. The molecule has 0 bridgehead atoms. The zero-order valence-corrected chi connectivity index (χ0v) is 24.5. The summed E-state index contributed by atoms with van der Waals surface area (Å²) in [4.78, 5) is 5.23. The van der Waals surface area contributed by atoms with Gasteiger partial charge in [0.2, 0.25) is 0 Å². The summed E-state index contributed by atoms with van der Waals surface area (Å²) in [6.07, 6.45) is 0.852. The van der Waals surface area contributed by atoms with E-state index in [4.69, 9.17) is 4.99 Å². The summed E-state index contributed by atoms with van der Waals surface area (Å²) >= 11 is 0. The number of aliphatic imine (C=N–C) groups is 1. The molecule has 0 saturated carbocycles. The quantitative estimate of drug-likeness (QED) is 0.187. The minimum atomic E-state index is 0.852. The number of hydrogen-bond donors (Lipinski definition) is 0. The lowest BCUT2D eigenvalue weighted by Crippen LogP contribution is -1.98. The molecular weight excluding hydrogens is 530 g/mol. The third-order valence-electron chi connectivity index (χ3n) is 9.44. The van der Waals surface area contributed by atoms with E-state index < -0.39 is 0 Å². The molecule has 8 aromatic rings. The van der Waals surface area contributed by atoms with Crippen LogP contribution in [-0.2, 0) is 6.42 Å². The first-order chi connectivity index (χ1) is 21.7. The summed E-state index contributed by atoms with van der Waals surface area (Å²) in [7, 11) is 0. The Bertz CT molecular complexity index is 2390. The van der Waals surface area contributed by atoms with Gasteiger partial charge in [0.05, 0.1) is 5.69 Å². The molecule has 1 aliphatic heterocycles. The van der Waals surface area contributed by atoms with E-state index in [2.05, 4.69) is 153 Å². The minimum Gasteiger partial charge on any atom is -0.253 e. The van der Waals surface area contributed by atoms with E-state index in [-0.39, 0.29) is 0 Å². The lowest BCUT2D eigenvalue weighted by molar-refractivity contribution is 1.19. The summed E-state index contributed by atoms with van der Waals surface area (Å²) in [5.74, 6) is 0. The van der Waals surface area contributed by atoms with Gasteiger partial charge in [0.25, 0.3) is 0 Å². The first kappa shape index (κ1) is 25.0. The van der Waals surface area contributed by atoms with Crippen LogP contribution in [0, 0.1) is 0 Å². The average molecular weight is 560 g/mol. The van der Waals surface area contributed by atoms with E-state index in [1.54, 1.807) is 0 Å². The van der Waals surface area contributed by atoms with Gasteiger partial charge in [0.15, 0.2) is 0 Å². The second-order valence-electron chi connectivity index (χ2n) is 12.0. The highest BCUT2D eigenvalue weighted by Gasteiger charge is 2.17. The highest BCUT2D eigenvalue weighted by molar-refractivity contribution is 6.25. The second kappa shape index (κ2) is 9.76. The van der Waals surface area contributed by atoms with Gasteiger partial charge in [0, 0.05) is 17.7 Å². The molecule has 1 heteroatoms. The van der Waals surface area contributed by atoms with E-state index in [9.17, 15) is 0 Å². The van der Waals surface area contributed by atoms with Crippen molar-refractivity contribution in [2.45, 2.75) is 13.3 Å². The van der Waals surface area contributed by atoms with Crippen molar-refractivity contribution in [3.05, 3.63) is 162 Å². The van der Waals surface area contributed by atoms with Gasteiger partial charge >= 0.3 is 0 Å². The maximum Gasteiger partial charge on any atom is 0.0674 e. The molecule has 0 unspecified atom stereocenters. The van der Waals surface area contributed by atoms with Gasteiger partial charge in [-0.3, -0.25) is 4.99 Å². The largest absolute Gasteiger partial charge is 0.253 e. The van der Waals surface area contributed by atoms with Gasteiger partial charge in [-0.15, -0.1) is 0 Å². The van der Waals surface area contributed by atoms with Crippen LogP contribution in [0.1, 0.15) is 23.6 Å². The Morgan fingerprint density at radius 1 is 0.432 bits per heavy atom. The van der Waals surface area contributed by atoms with Crippen LogP contribution in [0.15, 0.2) is 151 Å². The smallest absolute Gasteiger partial charge is 0.0674 e. The van der Waals surface area contributed by atoms with Crippen molar-refractivity contribution < 1.29 is 0 Å². The summed E-state index contributed by atoms with van der Waals surface area (Å²) in [6, 6.07) is 53.4. The Balaban J connectivity index is 1.13. The zero-order valence-electron chi connectivity index (χ0n) is 24.5. The van der Waals surface area contributed by atoms with E-state index in [1.807, 2.05) is 0 Å². The molecule has 0 aromatic heterocycles. The van der Waals surface area contributed by atoms with Gasteiger partial charge in [0.1, 0.15) is 0 Å². The van der Waals surface area contributed by atoms with Crippen molar-refractivity contribution in [2.75, 3.05) is 0 Å². The third kappa shape index (κ3) is 3.90. The second-order valence-corrected chi connectivity index (χ2v) is 12.0. The molecule has 1 aliphatic rings. The van der Waals surface area contributed by atoms with Crippen LogP contribution < -0.4 is 0 Å². The number of rotatable bonds is 2. The van der Waals surface area contributed by atoms with Crippen molar-refractivity contribution in [1.29, 1.82) is 0 Å². The monoisotopic (exact) mass is 559 g/mol.